The number of halogens is 2. The quantitative estimate of drug-likeness (QED) is 0.118. The smallest absolute Gasteiger partial charge is 0.337 e. The fourth-order valence-corrected chi connectivity index (χ4v) is 11.9. The highest BCUT2D eigenvalue weighted by atomic mass is 32.2. The first-order valence-corrected chi connectivity index (χ1v) is 27.9. The third-order valence-corrected chi connectivity index (χ3v) is 17.8. The second kappa shape index (κ2) is 22.3. The van der Waals surface area contributed by atoms with Crippen molar-refractivity contribution in [2.45, 2.75) is 40.0 Å². The number of carbonyl (C=O) groups is 2. The lowest BCUT2D eigenvalue weighted by molar-refractivity contribution is 0.0600. The highest BCUT2D eigenvalue weighted by Gasteiger charge is 2.27. The maximum atomic E-state index is 14.7. The van der Waals surface area contributed by atoms with Gasteiger partial charge in [-0.1, -0.05) is 42.5 Å². The predicted octanol–water partition coefficient (Wildman–Crippen LogP) is 3.75. The number of ether oxygens (including phenoxy) is 1. The van der Waals surface area contributed by atoms with Gasteiger partial charge >= 0.3 is 5.97 Å². The highest BCUT2D eigenvalue weighted by molar-refractivity contribution is 7.93. The Hall–Kier alpha value is -4.84. The van der Waals surface area contributed by atoms with Gasteiger partial charge in [0.25, 0.3) is 0 Å². The molecule has 22 heteroatoms. The second-order valence-electron chi connectivity index (χ2n) is 15.7. The van der Waals surface area contributed by atoms with Crippen molar-refractivity contribution in [2.24, 2.45) is 5.73 Å². The van der Waals surface area contributed by atoms with Crippen LogP contribution < -0.4 is 14.3 Å². The number of anilines is 2. The van der Waals surface area contributed by atoms with Gasteiger partial charge < -0.3 is 10.5 Å². The van der Waals surface area contributed by atoms with Gasteiger partial charge in [-0.3, -0.25) is 23.2 Å². The zero-order valence-corrected chi connectivity index (χ0v) is 40.2. The fraction of sp³-hybridized carbons (Fsp3) is 0.409. The molecule has 2 saturated heterocycles. The number of sulfone groups is 2. The van der Waals surface area contributed by atoms with Crippen LogP contribution in [-0.2, 0) is 70.6 Å². The van der Waals surface area contributed by atoms with E-state index in [1.165, 1.54) is 45.2 Å². The monoisotopic (exact) mass is 995 g/mol. The molecule has 2 aliphatic heterocycles. The lowest BCUT2D eigenvalue weighted by Crippen LogP contribution is -2.39. The van der Waals surface area contributed by atoms with E-state index in [1.807, 2.05) is 21.9 Å². The van der Waals surface area contributed by atoms with E-state index >= 15 is 0 Å². The second-order valence-corrected chi connectivity index (χ2v) is 24.7. The highest BCUT2D eigenvalue weighted by Crippen LogP contribution is 2.27. The first kappa shape index (κ1) is 52.1. The van der Waals surface area contributed by atoms with Crippen molar-refractivity contribution in [3.63, 3.8) is 0 Å². The number of Topliss-reactive ketones (excluding diaryl/α,β-unsaturated/α-hetero) is 1. The molecule has 360 valence electrons. The van der Waals surface area contributed by atoms with Crippen LogP contribution in [0.1, 0.15) is 56.8 Å². The lowest BCUT2D eigenvalue weighted by Gasteiger charge is -2.28. The summed E-state index contributed by atoms with van der Waals surface area (Å²) in [5.74, 6) is -2.43. The molecular weight excluding hydrogens is 941 g/mol. The van der Waals surface area contributed by atoms with Crippen molar-refractivity contribution in [3.8, 4) is 0 Å². The average molecular weight is 996 g/mol. The van der Waals surface area contributed by atoms with Crippen LogP contribution in [0.4, 0.5) is 20.2 Å². The molecule has 0 radical (unpaired) electrons. The van der Waals surface area contributed by atoms with Crippen LogP contribution in [0, 0.1) is 11.6 Å². The summed E-state index contributed by atoms with van der Waals surface area (Å²) in [6.45, 7) is 4.94. The Balaban J connectivity index is 0.000000247. The van der Waals surface area contributed by atoms with Gasteiger partial charge in [-0.25, -0.2) is 47.2 Å². The van der Waals surface area contributed by atoms with E-state index in [2.05, 4.69) is 4.74 Å². The van der Waals surface area contributed by atoms with E-state index in [0.29, 0.717) is 50.6 Å². The van der Waals surface area contributed by atoms with Crippen molar-refractivity contribution >= 4 is 62.8 Å². The van der Waals surface area contributed by atoms with Crippen molar-refractivity contribution < 1.29 is 56.8 Å². The molecule has 0 aliphatic carbocycles. The molecule has 0 amide bonds. The molecule has 0 spiro atoms. The average Bonchev–Trinajstić information content (AvgIpc) is 3.29. The first-order chi connectivity index (χ1) is 31.1. The van der Waals surface area contributed by atoms with E-state index in [9.17, 15) is 52.0 Å². The van der Waals surface area contributed by atoms with Crippen molar-refractivity contribution in [1.29, 1.82) is 0 Å². The molecule has 66 heavy (non-hydrogen) atoms. The molecule has 4 aromatic carbocycles. The summed E-state index contributed by atoms with van der Waals surface area (Å²) in [5, 5.41) is 0. The summed E-state index contributed by atoms with van der Waals surface area (Å²) in [6.07, 6.45) is 0. The maximum absolute atomic E-state index is 14.7. The summed E-state index contributed by atoms with van der Waals surface area (Å²) in [4.78, 5) is 27.4. The first-order valence-electron chi connectivity index (χ1n) is 21.0. The van der Waals surface area contributed by atoms with Crippen LogP contribution in [0.5, 0.6) is 0 Å². The molecule has 0 bridgehead atoms. The number of rotatable bonds is 17. The number of nitrogens with zero attached hydrogens (tertiary/aromatic N) is 4. The molecule has 2 N–H and O–H groups in total. The SMILES string of the molecule is CCS(=O)(=O)N(Cc1ccc(C(=O)CN)cc1F)c1cccc(CN2CCS(=O)(=O)CC2)c1.CCS(=O)(=O)N(Cc1ccc(C(=O)OC)cc1F)c1cccc(CN2CCS(=O)(=O)CC2)c1. The van der Waals surface area contributed by atoms with Crippen LogP contribution in [0.2, 0.25) is 0 Å². The molecule has 0 aromatic heterocycles. The largest absolute Gasteiger partial charge is 0.465 e. The van der Waals surface area contributed by atoms with E-state index in [4.69, 9.17) is 5.73 Å². The fourth-order valence-electron chi connectivity index (χ4n) is 7.16. The maximum Gasteiger partial charge on any atom is 0.337 e. The molecule has 0 atom stereocenters. The Morgan fingerprint density at radius 3 is 1.39 bits per heavy atom. The Kier molecular flexibility index (Phi) is 17.6. The van der Waals surface area contributed by atoms with E-state index in [0.717, 1.165) is 31.9 Å². The van der Waals surface area contributed by atoms with Crippen molar-refractivity contribution in [1.82, 2.24) is 9.80 Å². The lowest BCUT2D eigenvalue weighted by atomic mass is 10.1. The van der Waals surface area contributed by atoms with Gasteiger partial charge in [-0.15, -0.1) is 0 Å². The normalized spacial score (nSPS) is 16.4. The van der Waals surface area contributed by atoms with Gasteiger partial charge in [0.1, 0.15) is 11.6 Å². The number of esters is 1. The summed E-state index contributed by atoms with van der Waals surface area (Å²) in [7, 11) is -12.3. The summed E-state index contributed by atoms with van der Waals surface area (Å²) in [6, 6.07) is 21.5. The predicted molar refractivity (Wildman–Crippen MR) is 250 cm³/mol. The standard InChI is InChI=1S/C22H28FN3O5S2.C22H27FN2O6S2/c1-2-33(30,31)26(16-19-7-6-18(13-21(19)23)22(27)14-24)20-5-3-4-17(12-20)15-25-8-10-32(28,29)11-9-25;1-3-33(29,30)25(16-19-8-7-18(14-21(19)23)22(26)31-2)20-6-4-5-17(13-20)15-24-9-11-32(27,28)12-10-24/h3-7,12-13H,2,8-11,14-16,24H2,1H3;4-8,13-14H,3,9-12,15-16H2,1-2H3. The molecule has 4 aromatic rings. The Bertz CT molecular complexity index is 2630. The van der Waals surface area contributed by atoms with Crippen LogP contribution in [0.3, 0.4) is 0 Å². The Morgan fingerprint density at radius 1 is 0.636 bits per heavy atom. The van der Waals surface area contributed by atoms with E-state index < -0.39 is 63.1 Å². The Morgan fingerprint density at radius 2 is 1.03 bits per heavy atom. The van der Waals surface area contributed by atoms with E-state index in [-0.39, 0.29) is 76.4 Å². The van der Waals surface area contributed by atoms with Crippen LogP contribution in [-0.4, -0.2) is 130 Å². The third-order valence-electron chi connectivity index (χ3n) is 11.1. The van der Waals surface area contributed by atoms with Crippen molar-refractivity contribution in [3.05, 3.63) is 130 Å². The van der Waals surface area contributed by atoms with Gasteiger partial charge in [-0.05, 0) is 67.4 Å². The van der Waals surface area contributed by atoms with Gasteiger partial charge in [-0.2, -0.15) is 0 Å². The van der Waals surface area contributed by atoms with Gasteiger partial charge in [0.05, 0.1) is 78.2 Å². The van der Waals surface area contributed by atoms with Gasteiger partial charge in [0.15, 0.2) is 25.5 Å². The molecule has 2 fully saturated rings. The van der Waals surface area contributed by atoms with Gasteiger partial charge in [0.2, 0.25) is 20.0 Å². The van der Waals surface area contributed by atoms with Gasteiger partial charge in [0, 0.05) is 56.0 Å². The zero-order valence-electron chi connectivity index (χ0n) is 36.9. The van der Waals surface area contributed by atoms with Crippen molar-refractivity contribution in [2.75, 3.05) is 83.0 Å². The van der Waals surface area contributed by atoms with Crippen LogP contribution in [0.15, 0.2) is 84.9 Å². The summed E-state index contributed by atoms with van der Waals surface area (Å²) < 4.78 is 134. The summed E-state index contributed by atoms with van der Waals surface area (Å²) >= 11 is 0. The molecular formula is C44H55F2N5O11S4. The zero-order chi connectivity index (χ0) is 48.5. The number of methoxy groups -OCH3 is 1. The number of ketones is 1. The molecule has 2 aliphatic rings. The van der Waals surface area contributed by atoms with E-state index in [1.54, 1.807) is 36.4 Å². The third kappa shape index (κ3) is 14.1. The minimum Gasteiger partial charge on any atom is -0.465 e. The molecule has 0 saturated carbocycles. The topological polar surface area (TPSA) is 219 Å². The molecule has 0 unspecified atom stereocenters. The number of benzene rings is 4. The number of hydrogen-bond donors (Lipinski definition) is 1. The summed E-state index contributed by atoms with van der Waals surface area (Å²) in [5.41, 5.74) is 8.17. The number of nitrogens with two attached hydrogens (primary N) is 1. The number of carbonyl (C=O) groups excluding carboxylic acids is 2. The molecule has 2 heterocycles. The van der Waals surface area contributed by atoms with Crippen LogP contribution >= 0.6 is 0 Å². The number of hydrogen-bond acceptors (Lipinski definition) is 14. The number of sulfonamides is 2. The Labute approximate surface area is 386 Å². The minimum absolute atomic E-state index is 0.0363. The van der Waals surface area contributed by atoms with Crippen LogP contribution in [0.25, 0.3) is 0 Å². The minimum atomic E-state index is -3.74. The molecule has 16 nitrogen and oxygen atoms in total. The molecule has 6 rings (SSSR count).